The van der Waals surface area contributed by atoms with Gasteiger partial charge in [-0.3, -0.25) is 9.59 Å². The summed E-state index contributed by atoms with van der Waals surface area (Å²) in [6.45, 7) is 5.85. The smallest absolute Gasteiger partial charge is 0.265 e. The highest BCUT2D eigenvalue weighted by atomic mass is 35.5. The fourth-order valence-electron chi connectivity index (χ4n) is 2.59. The van der Waals surface area contributed by atoms with Crippen molar-refractivity contribution >= 4 is 48.0 Å². The molecule has 0 radical (unpaired) electrons. The van der Waals surface area contributed by atoms with Crippen LogP contribution in [0.2, 0.25) is 0 Å². The molecule has 1 fully saturated rings. The third kappa shape index (κ3) is 5.60. The van der Waals surface area contributed by atoms with Crippen LogP contribution in [0.3, 0.4) is 0 Å². The molecular weight excluding hydrogens is 359 g/mol. The molecule has 1 aromatic rings. The lowest BCUT2D eigenvalue weighted by molar-refractivity contribution is -0.126. The van der Waals surface area contributed by atoms with Crippen molar-refractivity contribution in [1.82, 2.24) is 15.2 Å². The summed E-state index contributed by atoms with van der Waals surface area (Å²) >= 11 is 1.42. The molecule has 1 aromatic heterocycles. The number of hydrogen-bond donors (Lipinski definition) is 2. The van der Waals surface area contributed by atoms with E-state index in [2.05, 4.69) is 10.3 Å². The minimum atomic E-state index is -0.136. The molecule has 2 amide bonds. The fraction of sp³-hybridized carbons (Fsp3) is 0.643. The second-order valence-electron chi connectivity index (χ2n) is 5.32. The number of thiazole rings is 1. The van der Waals surface area contributed by atoms with Gasteiger partial charge in [0, 0.05) is 26.2 Å². The molecule has 0 spiro atoms. The summed E-state index contributed by atoms with van der Waals surface area (Å²) in [6, 6.07) is 0. The van der Waals surface area contributed by atoms with Crippen LogP contribution in [0.15, 0.2) is 0 Å². The molecule has 23 heavy (non-hydrogen) atoms. The number of nitrogens with zero attached hydrogens (tertiary/aromatic N) is 2. The maximum absolute atomic E-state index is 12.6. The van der Waals surface area contributed by atoms with Crippen molar-refractivity contribution in [3.63, 3.8) is 0 Å². The lowest BCUT2D eigenvalue weighted by atomic mass is 9.97. The Morgan fingerprint density at radius 3 is 2.65 bits per heavy atom. The Kier molecular flexibility index (Phi) is 9.68. The molecule has 0 saturated carbocycles. The number of aryl methyl sites for hydroxylation is 2. The predicted octanol–water partition coefficient (Wildman–Crippen LogP) is 1.53. The van der Waals surface area contributed by atoms with E-state index in [-0.39, 0.29) is 42.5 Å². The molecule has 0 aliphatic carbocycles. The Labute approximate surface area is 153 Å². The fourth-order valence-corrected chi connectivity index (χ4v) is 3.48. The molecule has 2 rings (SSSR count). The van der Waals surface area contributed by atoms with Gasteiger partial charge in [-0.05, 0) is 26.7 Å². The minimum absolute atomic E-state index is 0. The number of aromatic nitrogens is 1. The van der Waals surface area contributed by atoms with Gasteiger partial charge in [0.1, 0.15) is 4.88 Å². The molecule has 1 saturated heterocycles. The SMILES string of the molecule is Cc1nc(C)c(C(=O)N2CCCC(C(=O)NCCN)C2)s1.Cl.Cl. The van der Waals surface area contributed by atoms with Crippen molar-refractivity contribution in [3.8, 4) is 0 Å². The monoisotopic (exact) mass is 382 g/mol. The molecule has 0 bridgehead atoms. The number of nitrogens with two attached hydrogens (primary N) is 1. The van der Waals surface area contributed by atoms with Gasteiger partial charge in [-0.15, -0.1) is 36.2 Å². The molecule has 3 N–H and O–H groups in total. The number of rotatable bonds is 4. The summed E-state index contributed by atoms with van der Waals surface area (Å²) in [4.78, 5) is 31.3. The number of nitrogens with one attached hydrogen (secondary N) is 1. The standard InChI is InChI=1S/C14H22N4O2S.2ClH/c1-9-12(21-10(2)17-9)14(20)18-7-3-4-11(8-18)13(19)16-6-5-15;;/h11H,3-8,15H2,1-2H3,(H,16,19);2*1H. The zero-order chi connectivity index (χ0) is 15.4. The maximum atomic E-state index is 12.6. The third-order valence-corrected chi connectivity index (χ3v) is 4.68. The Bertz CT molecular complexity index is 539. The van der Waals surface area contributed by atoms with Gasteiger partial charge < -0.3 is 16.0 Å². The Morgan fingerprint density at radius 1 is 1.39 bits per heavy atom. The number of likely N-dealkylation sites (tertiary alicyclic amines) is 1. The van der Waals surface area contributed by atoms with Crippen LogP contribution in [0, 0.1) is 19.8 Å². The number of carbonyl (C=O) groups excluding carboxylic acids is 2. The Hall–Kier alpha value is -0.890. The molecule has 1 unspecified atom stereocenters. The highest BCUT2D eigenvalue weighted by molar-refractivity contribution is 7.13. The van der Waals surface area contributed by atoms with Crippen LogP contribution in [-0.4, -0.2) is 47.9 Å². The van der Waals surface area contributed by atoms with E-state index in [1.54, 1.807) is 4.90 Å². The van der Waals surface area contributed by atoms with Crippen molar-refractivity contribution in [3.05, 3.63) is 15.6 Å². The topological polar surface area (TPSA) is 88.3 Å². The first-order valence-electron chi connectivity index (χ1n) is 7.24. The zero-order valence-corrected chi connectivity index (χ0v) is 15.8. The molecular formula is C14H24Cl2N4O2S. The molecule has 1 atom stereocenters. The molecule has 1 aliphatic rings. The number of halogens is 2. The molecule has 6 nitrogen and oxygen atoms in total. The van der Waals surface area contributed by atoms with Crippen LogP contribution >= 0.6 is 36.2 Å². The van der Waals surface area contributed by atoms with Crippen molar-refractivity contribution < 1.29 is 9.59 Å². The van der Waals surface area contributed by atoms with Crippen LogP contribution in [0.25, 0.3) is 0 Å². The second kappa shape index (κ2) is 10.1. The van der Waals surface area contributed by atoms with E-state index in [9.17, 15) is 9.59 Å². The van der Waals surface area contributed by atoms with Gasteiger partial charge in [0.05, 0.1) is 16.6 Å². The number of carbonyl (C=O) groups is 2. The average molecular weight is 383 g/mol. The van der Waals surface area contributed by atoms with Crippen LogP contribution in [-0.2, 0) is 4.79 Å². The average Bonchev–Trinajstić information content (AvgIpc) is 2.82. The van der Waals surface area contributed by atoms with Crippen LogP contribution in [0.4, 0.5) is 0 Å². The summed E-state index contributed by atoms with van der Waals surface area (Å²) in [5, 5.41) is 3.70. The lowest BCUT2D eigenvalue weighted by Crippen LogP contribution is -2.46. The number of amides is 2. The van der Waals surface area contributed by atoms with E-state index in [0.717, 1.165) is 23.5 Å². The highest BCUT2D eigenvalue weighted by Crippen LogP contribution is 2.23. The number of piperidine rings is 1. The van der Waals surface area contributed by atoms with Crippen molar-refractivity contribution in [1.29, 1.82) is 0 Å². The van der Waals surface area contributed by atoms with E-state index >= 15 is 0 Å². The summed E-state index contributed by atoms with van der Waals surface area (Å²) in [5.41, 5.74) is 6.17. The van der Waals surface area contributed by atoms with E-state index in [1.165, 1.54) is 11.3 Å². The van der Waals surface area contributed by atoms with Gasteiger partial charge in [-0.25, -0.2) is 4.98 Å². The first kappa shape index (κ1) is 22.1. The molecule has 1 aliphatic heterocycles. The van der Waals surface area contributed by atoms with E-state index < -0.39 is 0 Å². The summed E-state index contributed by atoms with van der Waals surface area (Å²) in [5.74, 6) is -0.145. The molecule has 9 heteroatoms. The summed E-state index contributed by atoms with van der Waals surface area (Å²) in [6.07, 6.45) is 1.67. The number of hydrogen-bond acceptors (Lipinski definition) is 5. The van der Waals surface area contributed by atoms with Gasteiger partial charge >= 0.3 is 0 Å². The van der Waals surface area contributed by atoms with Crippen LogP contribution in [0.1, 0.15) is 33.2 Å². The Balaban J connectivity index is 0.00000242. The first-order valence-corrected chi connectivity index (χ1v) is 8.05. The van der Waals surface area contributed by atoms with Crippen molar-refractivity contribution in [2.24, 2.45) is 11.7 Å². The van der Waals surface area contributed by atoms with E-state index in [0.29, 0.717) is 31.1 Å². The van der Waals surface area contributed by atoms with Gasteiger partial charge in [0.2, 0.25) is 5.91 Å². The molecule has 2 heterocycles. The van der Waals surface area contributed by atoms with Gasteiger partial charge in [0.25, 0.3) is 5.91 Å². The summed E-state index contributed by atoms with van der Waals surface area (Å²) in [7, 11) is 0. The van der Waals surface area contributed by atoms with Crippen molar-refractivity contribution in [2.75, 3.05) is 26.2 Å². The highest BCUT2D eigenvalue weighted by Gasteiger charge is 2.30. The maximum Gasteiger partial charge on any atom is 0.265 e. The van der Waals surface area contributed by atoms with Gasteiger partial charge in [-0.1, -0.05) is 0 Å². The predicted molar refractivity (Wildman–Crippen MR) is 96.8 cm³/mol. The second-order valence-corrected chi connectivity index (χ2v) is 6.52. The lowest BCUT2D eigenvalue weighted by Gasteiger charge is -2.31. The molecule has 0 aromatic carbocycles. The third-order valence-electron chi connectivity index (χ3n) is 3.62. The van der Waals surface area contributed by atoms with Gasteiger partial charge in [0.15, 0.2) is 0 Å². The quantitative estimate of drug-likeness (QED) is 0.826. The van der Waals surface area contributed by atoms with Crippen LogP contribution in [0.5, 0.6) is 0 Å². The first-order chi connectivity index (χ1) is 10.0. The van der Waals surface area contributed by atoms with Gasteiger partial charge in [-0.2, -0.15) is 0 Å². The minimum Gasteiger partial charge on any atom is -0.355 e. The molecule has 132 valence electrons. The normalized spacial score (nSPS) is 17.0. The Morgan fingerprint density at radius 2 is 2.09 bits per heavy atom. The van der Waals surface area contributed by atoms with E-state index in [1.807, 2.05) is 13.8 Å². The zero-order valence-electron chi connectivity index (χ0n) is 13.3. The van der Waals surface area contributed by atoms with E-state index in [4.69, 9.17) is 5.73 Å². The summed E-state index contributed by atoms with van der Waals surface area (Å²) < 4.78 is 0. The largest absolute Gasteiger partial charge is 0.355 e. The van der Waals surface area contributed by atoms with Crippen LogP contribution < -0.4 is 11.1 Å². The van der Waals surface area contributed by atoms with Crippen molar-refractivity contribution in [2.45, 2.75) is 26.7 Å².